The molecule has 2 aromatic heterocycles. The van der Waals surface area contributed by atoms with Crippen LogP contribution in [0.4, 0.5) is 8.78 Å². The summed E-state index contributed by atoms with van der Waals surface area (Å²) in [4.78, 5) is 18.9. The molecule has 0 spiro atoms. The van der Waals surface area contributed by atoms with Crippen molar-refractivity contribution in [2.24, 2.45) is 0 Å². The normalized spacial score (nSPS) is 11.8. The molecule has 0 saturated heterocycles. The molecule has 1 unspecified atom stereocenters. The van der Waals surface area contributed by atoms with Gasteiger partial charge < -0.3 is 14.7 Å². The number of ether oxygens (including phenoxy) is 1. The first-order chi connectivity index (χ1) is 17.2. The molecule has 2 N–H and O–H groups in total. The number of pyridine rings is 1. The molecule has 0 aliphatic carbocycles. The maximum Gasteiger partial charge on any atom is 0.254 e. The molecule has 4 rings (SSSR count). The van der Waals surface area contributed by atoms with Crippen molar-refractivity contribution in [3.8, 4) is 22.9 Å². The Hall–Kier alpha value is -4.36. The molecule has 0 radical (unpaired) electrons. The van der Waals surface area contributed by atoms with Gasteiger partial charge in [0, 0.05) is 36.3 Å². The number of amides is 1. The van der Waals surface area contributed by atoms with E-state index in [2.05, 4.69) is 15.2 Å². The third-order valence-electron chi connectivity index (χ3n) is 5.66. The topological polar surface area (TPSA) is 115 Å². The van der Waals surface area contributed by atoms with Gasteiger partial charge in [-0.1, -0.05) is 0 Å². The quantitative estimate of drug-likeness (QED) is 0.393. The van der Waals surface area contributed by atoms with Crippen molar-refractivity contribution in [3.63, 3.8) is 0 Å². The number of nitrogens with one attached hydrogen (secondary N) is 1. The van der Waals surface area contributed by atoms with E-state index in [4.69, 9.17) is 10.00 Å². The molecule has 10 heteroatoms. The molecule has 2 heterocycles. The molecule has 0 aliphatic heterocycles. The van der Waals surface area contributed by atoms with Gasteiger partial charge in [-0.3, -0.25) is 14.9 Å². The predicted molar refractivity (Wildman–Crippen MR) is 128 cm³/mol. The lowest BCUT2D eigenvalue weighted by atomic mass is 9.99. The van der Waals surface area contributed by atoms with E-state index in [1.54, 1.807) is 33.3 Å². The average molecular weight is 491 g/mol. The number of nitriles is 1. The Morgan fingerprint density at radius 1 is 1.25 bits per heavy atom. The number of halogens is 2. The molecule has 4 aromatic rings. The summed E-state index contributed by atoms with van der Waals surface area (Å²) in [5.41, 5.74) is 1.92. The van der Waals surface area contributed by atoms with E-state index in [9.17, 15) is 14.3 Å². The van der Waals surface area contributed by atoms with Gasteiger partial charge in [0.25, 0.3) is 5.91 Å². The molecule has 1 atom stereocenters. The summed E-state index contributed by atoms with van der Waals surface area (Å²) in [7, 11) is 1.56. The lowest BCUT2D eigenvalue weighted by Crippen LogP contribution is -2.26. The van der Waals surface area contributed by atoms with Crippen LogP contribution in [0.15, 0.2) is 42.7 Å². The zero-order valence-corrected chi connectivity index (χ0v) is 19.8. The summed E-state index contributed by atoms with van der Waals surface area (Å²) >= 11 is 0. The molecule has 36 heavy (non-hydrogen) atoms. The van der Waals surface area contributed by atoms with Crippen molar-refractivity contribution in [1.29, 1.82) is 5.26 Å². The smallest absolute Gasteiger partial charge is 0.254 e. The largest absolute Gasteiger partial charge is 0.493 e. The Labute approximate surface area is 205 Å². The lowest BCUT2D eigenvalue weighted by Gasteiger charge is -2.20. The first-order valence-corrected chi connectivity index (χ1v) is 11.1. The lowest BCUT2D eigenvalue weighted by molar-refractivity contribution is 0.0784. The summed E-state index contributed by atoms with van der Waals surface area (Å²) in [5, 5.41) is 26.6. The number of aromatic amines is 1. The second-order valence-corrected chi connectivity index (χ2v) is 8.27. The Kier molecular flexibility index (Phi) is 6.94. The van der Waals surface area contributed by atoms with E-state index in [1.165, 1.54) is 17.0 Å². The van der Waals surface area contributed by atoms with E-state index in [1.807, 2.05) is 6.07 Å². The molecule has 184 valence electrons. The third kappa shape index (κ3) is 4.74. The maximum absolute atomic E-state index is 15.3. The van der Waals surface area contributed by atoms with Gasteiger partial charge >= 0.3 is 0 Å². The average Bonchev–Trinajstić information content (AvgIpc) is 3.33. The second kappa shape index (κ2) is 10.1. The van der Waals surface area contributed by atoms with Crippen LogP contribution in [-0.4, -0.2) is 44.7 Å². The molecule has 0 aliphatic rings. The van der Waals surface area contributed by atoms with Gasteiger partial charge in [-0.2, -0.15) is 10.4 Å². The van der Waals surface area contributed by atoms with Crippen LogP contribution in [0.5, 0.6) is 5.75 Å². The Morgan fingerprint density at radius 3 is 2.72 bits per heavy atom. The fraction of sp³-hybridized carbons (Fsp3) is 0.231. The van der Waals surface area contributed by atoms with E-state index in [0.717, 1.165) is 18.2 Å². The highest BCUT2D eigenvalue weighted by Crippen LogP contribution is 2.35. The van der Waals surface area contributed by atoms with Crippen molar-refractivity contribution in [3.05, 3.63) is 76.7 Å². The number of fused-ring (bicyclic) bond motifs is 1. The number of hydrogen-bond donors (Lipinski definition) is 2. The second-order valence-electron chi connectivity index (χ2n) is 8.27. The summed E-state index contributed by atoms with van der Waals surface area (Å²) in [6.45, 7) is 3.62. The molecule has 1 amide bonds. The minimum absolute atomic E-state index is 0.0343. The van der Waals surface area contributed by atoms with Gasteiger partial charge in [0.05, 0.1) is 47.3 Å². The summed E-state index contributed by atoms with van der Waals surface area (Å²) < 4.78 is 34.9. The van der Waals surface area contributed by atoms with Crippen LogP contribution in [0.1, 0.15) is 47.1 Å². The first-order valence-electron chi connectivity index (χ1n) is 11.1. The highest BCUT2D eigenvalue weighted by atomic mass is 19.1. The van der Waals surface area contributed by atoms with E-state index in [0.29, 0.717) is 22.2 Å². The number of rotatable bonds is 7. The predicted octanol–water partition coefficient (Wildman–Crippen LogP) is 4.50. The molecule has 8 nitrogen and oxygen atoms in total. The SMILES string of the molecule is CCOc1cc(C(=O)N(C)Cc2cnc(C(C)O)c3cn[nH]c23)cc(F)c1-c1cc(F)cc(C#N)c1. The number of carbonyl (C=O) groups excluding carboxylic acids is 1. The van der Waals surface area contributed by atoms with Gasteiger partial charge in [-0.05, 0) is 49.7 Å². The molecule has 0 fully saturated rings. The number of aromatic nitrogens is 3. The molecule has 0 saturated carbocycles. The van der Waals surface area contributed by atoms with Gasteiger partial charge in [0.15, 0.2) is 0 Å². The van der Waals surface area contributed by atoms with Crippen molar-refractivity contribution in [2.45, 2.75) is 26.5 Å². The van der Waals surface area contributed by atoms with Crippen LogP contribution in [0.3, 0.4) is 0 Å². The molecule has 2 aromatic carbocycles. The van der Waals surface area contributed by atoms with Crippen LogP contribution in [0.2, 0.25) is 0 Å². The molecular weight excluding hydrogens is 468 g/mol. The zero-order valence-electron chi connectivity index (χ0n) is 19.8. The molecular formula is C26H23F2N5O3. The highest BCUT2D eigenvalue weighted by Gasteiger charge is 2.22. The number of benzene rings is 2. The van der Waals surface area contributed by atoms with Crippen molar-refractivity contribution in [1.82, 2.24) is 20.1 Å². The van der Waals surface area contributed by atoms with Gasteiger partial charge in [0.1, 0.15) is 17.4 Å². The van der Waals surface area contributed by atoms with Gasteiger partial charge in [-0.25, -0.2) is 8.78 Å². The fourth-order valence-corrected chi connectivity index (χ4v) is 4.06. The zero-order chi connectivity index (χ0) is 26.0. The summed E-state index contributed by atoms with van der Waals surface area (Å²) in [6, 6.07) is 7.83. The van der Waals surface area contributed by atoms with Crippen molar-refractivity contribution < 1.29 is 23.4 Å². The van der Waals surface area contributed by atoms with Crippen LogP contribution >= 0.6 is 0 Å². The van der Waals surface area contributed by atoms with Crippen LogP contribution < -0.4 is 4.74 Å². The van der Waals surface area contributed by atoms with Crippen LogP contribution in [-0.2, 0) is 6.54 Å². The van der Waals surface area contributed by atoms with Crippen molar-refractivity contribution >= 4 is 16.8 Å². The maximum atomic E-state index is 15.3. The van der Waals surface area contributed by atoms with Crippen LogP contribution in [0, 0.1) is 23.0 Å². The van der Waals surface area contributed by atoms with E-state index >= 15 is 4.39 Å². The molecule has 0 bridgehead atoms. The minimum Gasteiger partial charge on any atom is -0.493 e. The van der Waals surface area contributed by atoms with Crippen molar-refractivity contribution in [2.75, 3.05) is 13.7 Å². The standard InChI is InChI=1S/C26H23F2N5O3/c1-4-36-22-9-17(8-21(28)23(22)16-5-15(10-29)6-19(27)7-16)26(35)33(3)13-18-11-30-24(14(2)34)20-12-31-32-25(18)20/h5-9,11-12,14,34H,4,13H2,1-3H3,(H,31,32). The van der Waals surface area contributed by atoms with Gasteiger partial charge in [0.2, 0.25) is 0 Å². The Bertz CT molecular complexity index is 1490. The highest BCUT2D eigenvalue weighted by molar-refractivity contribution is 5.96. The first kappa shape index (κ1) is 24.8. The monoisotopic (exact) mass is 491 g/mol. The number of aliphatic hydroxyl groups is 1. The summed E-state index contributed by atoms with van der Waals surface area (Å²) in [5.74, 6) is -1.90. The number of H-pyrrole nitrogens is 1. The number of hydrogen-bond acceptors (Lipinski definition) is 6. The minimum atomic E-state index is -0.792. The van der Waals surface area contributed by atoms with Crippen LogP contribution in [0.25, 0.3) is 22.0 Å². The number of carbonyl (C=O) groups is 1. The van der Waals surface area contributed by atoms with Gasteiger partial charge in [-0.15, -0.1) is 0 Å². The number of nitrogens with zero attached hydrogens (tertiary/aromatic N) is 4. The number of aliphatic hydroxyl groups excluding tert-OH is 1. The van der Waals surface area contributed by atoms with E-state index in [-0.39, 0.29) is 41.2 Å². The Morgan fingerprint density at radius 2 is 2.03 bits per heavy atom. The summed E-state index contributed by atoms with van der Waals surface area (Å²) in [6.07, 6.45) is 2.32. The third-order valence-corrected chi connectivity index (χ3v) is 5.66. The Balaban J connectivity index is 1.68. The fourth-order valence-electron chi connectivity index (χ4n) is 4.06. The van der Waals surface area contributed by atoms with E-state index < -0.39 is 23.6 Å².